The zero-order valence-corrected chi connectivity index (χ0v) is 11.0. The van der Waals surface area contributed by atoms with Crippen molar-refractivity contribution in [3.8, 4) is 0 Å². The van der Waals surface area contributed by atoms with Crippen LogP contribution in [0.3, 0.4) is 0 Å². The quantitative estimate of drug-likeness (QED) is 0.765. The summed E-state index contributed by atoms with van der Waals surface area (Å²) in [4.78, 5) is 0. The second kappa shape index (κ2) is 4.77. The maximum atomic E-state index is 6.14. The van der Waals surface area contributed by atoms with Gasteiger partial charge in [-0.2, -0.15) is 0 Å². The van der Waals surface area contributed by atoms with E-state index in [4.69, 9.17) is 10.2 Å². The van der Waals surface area contributed by atoms with Crippen molar-refractivity contribution >= 4 is 11.0 Å². The molecule has 2 unspecified atom stereocenters. The van der Waals surface area contributed by atoms with Crippen LogP contribution in [-0.2, 0) is 0 Å². The van der Waals surface area contributed by atoms with E-state index in [2.05, 4.69) is 31.2 Å². The first-order valence-corrected chi connectivity index (χ1v) is 6.98. The Kier molecular flexibility index (Phi) is 3.13. The van der Waals surface area contributed by atoms with Crippen LogP contribution >= 0.6 is 0 Å². The van der Waals surface area contributed by atoms with Crippen LogP contribution in [0.2, 0.25) is 0 Å². The highest BCUT2D eigenvalue weighted by molar-refractivity contribution is 5.78. The maximum Gasteiger partial charge on any atom is 0.134 e. The van der Waals surface area contributed by atoms with Gasteiger partial charge in [0.2, 0.25) is 0 Å². The number of aryl methyl sites for hydroxylation is 1. The molecule has 18 heavy (non-hydrogen) atoms. The summed E-state index contributed by atoms with van der Waals surface area (Å²) in [7, 11) is 0. The first kappa shape index (κ1) is 11.8. The summed E-state index contributed by atoms with van der Waals surface area (Å²) in [5, 5.41) is 1.22. The van der Waals surface area contributed by atoms with Crippen LogP contribution in [-0.4, -0.2) is 6.04 Å². The molecule has 96 valence electrons. The van der Waals surface area contributed by atoms with Crippen molar-refractivity contribution in [3.05, 3.63) is 35.6 Å². The third kappa shape index (κ3) is 2.30. The van der Waals surface area contributed by atoms with E-state index >= 15 is 0 Å². The molecule has 2 N–H and O–H groups in total. The molecule has 0 spiro atoms. The molecular weight excluding hydrogens is 222 g/mol. The standard InChI is InChI=1S/C16H21NO/c1-11-6-7-15-13(8-11)10-16(18-15)12-4-2-3-5-14(17)9-12/h6-8,10,12,14H,2-5,9,17H2,1H3. The Bertz CT molecular complexity index is 543. The molecule has 1 aromatic carbocycles. The first-order valence-electron chi connectivity index (χ1n) is 6.98. The fraction of sp³-hybridized carbons (Fsp3) is 0.500. The molecule has 2 aromatic rings. The number of benzene rings is 1. The predicted molar refractivity (Wildman–Crippen MR) is 74.8 cm³/mol. The van der Waals surface area contributed by atoms with Crippen LogP contribution in [0, 0.1) is 6.92 Å². The molecule has 2 nitrogen and oxygen atoms in total. The Morgan fingerprint density at radius 1 is 1.17 bits per heavy atom. The van der Waals surface area contributed by atoms with Crippen molar-refractivity contribution in [1.29, 1.82) is 0 Å². The average molecular weight is 243 g/mol. The lowest BCUT2D eigenvalue weighted by Gasteiger charge is -2.14. The van der Waals surface area contributed by atoms with Crippen molar-refractivity contribution in [2.24, 2.45) is 5.73 Å². The summed E-state index contributed by atoms with van der Waals surface area (Å²) < 4.78 is 6.01. The topological polar surface area (TPSA) is 39.2 Å². The fourth-order valence-corrected chi connectivity index (χ4v) is 3.04. The Morgan fingerprint density at radius 3 is 2.89 bits per heavy atom. The van der Waals surface area contributed by atoms with E-state index in [-0.39, 0.29) is 0 Å². The first-order chi connectivity index (χ1) is 8.72. The van der Waals surface area contributed by atoms with Gasteiger partial charge >= 0.3 is 0 Å². The third-order valence-electron chi connectivity index (χ3n) is 4.06. The van der Waals surface area contributed by atoms with Gasteiger partial charge in [-0.15, -0.1) is 0 Å². The molecule has 3 rings (SSSR count). The van der Waals surface area contributed by atoms with Crippen molar-refractivity contribution in [2.75, 3.05) is 0 Å². The smallest absolute Gasteiger partial charge is 0.134 e. The maximum absolute atomic E-state index is 6.14. The van der Waals surface area contributed by atoms with Crippen LogP contribution in [0.1, 0.15) is 49.3 Å². The normalized spacial score (nSPS) is 25.2. The van der Waals surface area contributed by atoms with E-state index in [9.17, 15) is 0 Å². The molecule has 1 fully saturated rings. The minimum atomic E-state index is 0.340. The molecule has 2 heteroatoms. The summed E-state index contributed by atoms with van der Waals surface area (Å²) >= 11 is 0. The minimum absolute atomic E-state index is 0.340. The van der Waals surface area contributed by atoms with Crippen LogP contribution < -0.4 is 5.73 Å². The molecule has 1 aliphatic carbocycles. The van der Waals surface area contributed by atoms with Crippen molar-refractivity contribution in [3.63, 3.8) is 0 Å². The summed E-state index contributed by atoms with van der Waals surface area (Å²) in [5.41, 5.74) is 8.43. The highest BCUT2D eigenvalue weighted by Crippen LogP contribution is 2.34. The van der Waals surface area contributed by atoms with Gasteiger partial charge in [0.25, 0.3) is 0 Å². The largest absolute Gasteiger partial charge is 0.461 e. The Labute approximate surface area is 108 Å². The summed E-state index contributed by atoms with van der Waals surface area (Å²) in [5.74, 6) is 1.64. The lowest BCUT2D eigenvalue weighted by Crippen LogP contribution is -2.20. The van der Waals surface area contributed by atoms with Crippen LogP contribution in [0.15, 0.2) is 28.7 Å². The molecule has 0 saturated heterocycles. The van der Waals surface area contributed by atoms with E-state index in [1.807, 2.05) is 0 Å². The highest BCUT2D eigenvalue weighted by Gasteiger charge is 2.22. The molecule has 1 aromatic heterocycles. The van der Waals surface area contributed by atoms with E-state index < -0.39 is 0 Å². The molecular formula is C16H21NO. The van der Waals surface area contributed by atoms with Gasteiger partial charge < -0.3 is 10.2 Å². The number of hydrogen-bond acceptors (Lipinski definition) is 2. The van der Waals surface area contributed by atoms with E-state index in [0.717, 1.165) is 24.2 Å². The van der Waals surface area contributed by atoms with E-state index in [1.165, 1.54) is 30.2 Å². The molecule has 0 aliphatic heterocycles. The molecule has 1 aliphatic rings. The number of furan rings is 1. The average Bonchev–Trinajstić information content (AvgIpc) is 2.63. The monoisotopic (exact) mass is 243 g/mol. The predicted octanol–water partition coefficient (Wildman–Crippen LogP) is 4.12. The summed E-state index contributed by atoms with van der Waals surface area (Å²) in [6, 6.07) is 8.93. The highest BCUT2D eigenvalue weighted by atomic mass is 16.3. The second-order valence-electron chi connectivity index (χ2n) is 5.67. The number of rotatable bonds is 1. The van der Waals surface area contributed by atoms with Crippen LogP contribution in [0.4, 0.5) is 0 Å². The van der Waals surface area contributed by atoms with Crippen molar-refractivity contribution in [2.45, 2.75) is 51.0 Å². The fourth-order valence-electron chi connectivity index (χ4n) is 3.04. The molecule has 1 saturated carbocycles. The van der Waals surface area contributed by atoms with Crippen molar-refractivity contribution in [1.82, 2.24) is 0 Å². The Hall–Kier alpha value is -1.28. The zero-order chi connectivity index (χ0) is 12.5. The Balaban J connectivity index is 1.93. The van der Waals surface area contributed by atoms with Gasteiger partial charge in [-0.3, -0.25) is 0 Å². The van der Waals surface area contributed by atoms with Crippen molar-refractivity contribution < 1.29 is 4.42 Å². The SMILES string of the molecule is Cc1ccc2oc(C3CCCCC(N)C3)cc2c1. The molecule has 0 radical (unpaired) electrons. The van der Waals surface area contributed by atoms with Gasteiger partial charge in [0.1, 0.15) is 11.3 Å². The lowest BCUT2D eigenvalue weighted by molar-refractivity contribution is 0.440. The number of hydrogen-bond donors (Lipinski definition) is 1. The zero-order valence-electron chi connectivity index (χ0n) is 11.0. The number of fused-ring (bicyclic) bond motifs is 1. The molecule has 0 bridgehead atoms. The number of nitrogens with two attached hydrogens (primary N) is 1. The summed E-state index contributed by atoms with van der Waals surface area (Å²) in [6.45, 7) is 2.12. The van der Waals surface area contributed by atoms with Gasteiger partial charge in [0.15, 0.2) is 0 Å². The van der Waals surface area contributed by atoms with Gasteiger partial charge in [0, 0.05) is 17.3 Å². The molecule has 1 heterocycles. The minimum Gasteiger partial charge on any atom is -0.461 e. The van der Waals surface area contributed by atoms with Gasteiger partial charge in [0.05, 0.1) is 0 Å². The van der Waals surface area contributed by atoms with Crippen LogP contribution in [0.25, 0.3) is 11.0 Å². The van der Waals surface area contributed by atoms with Gasteiger partial charge in [-0.1, -0.05) is 24.5 Å². The van der Waals surface area contributed by atoms with Crippen LogP contribution in [0.5, 0.6) is 0 Å². The van der Waals surface area contributed by atoms with E-state index in [1.54, 1.807) is 0 Å². The summed E-state index contributed by atoms with van der Waals surface area (Å²) in [6.07, 6.45) is 5.98. The second-order valence-corrected chi connectivity index (χ2v) is 5.67. The van der Waals surface area contributed by atoms with E-state index in [0.29, 0.717) is 12.0 Å². The Morgan fingerprint density at radius 2 is 2.00 bits per heavy atom. The third-order valence-corrected chi connectivity index (χ3v) is 4.06. The molecule has 2 atom stereocenters. The van der Waals surface area contributed by atoms with Gasteiger partial charge in [-0.25, -0.2) is 0 Å². The lowest BCUT2D eigenvalue weighted by atomic mass is 9.95. The van der Waals surface area contributed by atoms with Gasteiger partial charge in [-0.05, 0) is 44.4 Å². The molecule has 0 amide bonds.